The van der Waals surface area contributed by atoms with Gasteiger partial charge in [0.25, 0.3) is 5.91 Å². The summed E-state index contributed by atoms with van der Waals surface area (Å²) in [4.78, 5) is 34.4. The van der Waals surface area contributed by atoms with Gasteiger partial charge >= 0.3 is 0 Å². The molecule has 7 heteroatoms. The summed E-state index contributed by atoms with van der Waals surface area (Å²) >= 11 is 6.47. The summed E-state index contributed by atoms with van der Waals surface area (Å²) in [7, 11) is 0. The van der Waals surface area contributed by atoms with E-state index in [9.17, 15) is 9.59 Å². The van der Waals surface area contributed by atoms with Gasteiger partial charge in [-0.05, 0) is 81.0 Å². The minimum Gasteiger partial charge on any atom is -0.368 e. The summed E-state index contributed by atoms with van der Waals surface area (Å²) in [5.41, 5.74) is 5.75. The van der Waals surface area contributed by atoms with Gasteiger partial charge in [0.2, 0.25) is 0 Å². The van der Waals surface area contributed by atoms with Gasteiger partial charge in [0.1, 0.15) is 6.10 Å². The third-order valence-electron chi connectivity index (χ3n) is 7.19. The van der Waals surface area contributed by atoms with Crippen LogP contribution in [-0.4, -0.2) is 64.9 Å². The summed E-state index contributed by atoms with van der Waals surface area (Å²) < 4.78 is 5.61. The molecule has 182 valence electrons. The molecule has 0 aliphatic carbocycles. The van der Waals surface area contributed by atoms with Crippen LogP contribution in [0.3, 0.4) is 0 Å². The first kappa shape index (κ1) is 24.8. The zero-order chi connectivity index (χ0) is 24.4. The van der Waals surface area contributed by atoms with Crippen molar-refractivity contribution in [2.45, 2.75) is 65.6 Å². The number of ether oxygens (including phenoxy) is 1. The van der Waals surface area contributed by atoms with E-state index in [1.54, 1.807) is 6.20 Å². The molecule has 0 bridgehead atoms. The van der Waals surface area contributed by atoms with E-state index in [1.807, 2.05) is 36.9 Å². The maximum Gasteiger partial charge on any atom is 0.252 e. The predicted molar refractivity (Wildman–Crippen MR) is 133 cm³/mol. The third kappa shape index (κ3) is 5.51. The molecule has 34 heavy (non-hydrogen) atoms. The minimum absolute atomic E-state index is 0.0433. The molecular formula is C27H34ClN3O3. The Morgan fingerprint density at radius 1 is 1.15 bits per heavy atom. The molecule has 2 aliphatic heterocycles. The molecule has 0 N–H and O–H groups in total. The molecule has 4 rings (SSSR count). The Hall–Kier alpha value is -2.28. The number of benzene rings is 1. The van der Waals surface area contributed by atoms with Crippen molar-refractivity contribution in [3.05, 3.63) is 62.9 Å². The minimum atomic E-state index is -0.267. The zero-order valence-electron chi connectivity index (χ0n) is 20.6. The highest BCUT2D eigenvalue weighted by Crippen LogP contribution is 2.25. The van der Waals surface area contributed by atoms with E-state index >= 15 is 0 Å². The van der Waals surface area contributed by atoms with Crippen molar-refractivity contribution in [3.8, 4) is 0 Å². The molecule has 2 aromatic rings. The number of hydrogen-bond donors (Lipinski definition) is 0. The lowest BCUT2D eigenvalue weighted by Crippen LogP contribution is -2.55. The van der Waals surface area contributed by atoms with Crippen LogP contribution in [0.4, 0.5) is 0 Å². The number of piperazine rings is 1. The number of rotatable bonds is 6. The summed E-state index contributed by atoms with van der Waals surface area (Å²) in [5.74, 6) is 0.173. The molecule has 2 atom stereocenters. The maximum atomic E-state index is 13.0. The maximum absolute atomic E-state index is 13.0. The van der Waals surface area contributed by atoms with Crippen LogP contribution in [0, 0.1) is 20.8 Å². The first-order valence-electron chi connectivity index (χ1n) is 12.1. The number of carbonyl (C=O) groups is 2. The molecule has 0 unspecified atom stereocenters. The lowest BCUT2D eigenvalue weighted by molar-refractivity contribution is -0.145. The number of amides is 1. The van der Waals surface area contributed by atoms with Gasteiger partial charge < -0.3 is 9.64 Å². The molecule has 2 fully saturated rings. The molecular weight excluding hydrogens is 450 g/mol. The van der Waals surface area contributed by atoms with Crippen molar-refractivity contribution in [1.82, 2.24) is 14.8 Å². The molecule has 0 saturated carbocycles. The molecule has 2 aliphatic rings. The Bertz CT molecular complexity index is 1080. The molecule has 1 aromatic carbocycles. The Kier molecular flexibility index (Phi) is 7.70. The van der Waals surface area contributed by atoms with E-state index < -0.39 is 0 Å². The Morgan fingerprint density at radius 3 is 2.59 bits per heavy atom. The van der Waals surface area contributed by atoms with Gasteiger partial charge in [0.15, 0.2) is 5.78 Å². The second kappa shape index (κ2) is 10.5. The van der Waals surface area contributed by atoms with Crippen LogP contribution in [0.15, 0.2) is 24.4 Å². The fourth-order valence-electron chi connectivity index (χ4n) is 4.92. The normalized spacial score (nSPS) is 21.1. The predicted octanol–water partition coefficient (Wildman–Crippen LogP) is 4.30. The number of carbonyl (C=O) groups excluding carboxylic acids is 2. The monoisotopic (exact) mass is 483 g/mol. The fraction of sp³-hybridized carbons (Fsp3) is 0.519. The van der Waals surface area contributed by atoms with Gasteiger partial charge in [-0.15, -0.1) is 0 Å². The van der Waals surface area contributed by atoms with Crippen LogP contribution < -0.4 is 0 Å². The highest BCUT2D eigenvalue weighted by molar-refractivity contribution is 6.30. The molecule has 1 amide bonds. The van der Waals surface area contributed by atoms with Gasteiger partial charge in [-0.2, -0.15) is 0 Å². The number of halogens is 1. The standard InChI is InChI=1S/C27H34ClN3O3/c1-17-10-22(14-29-20(17)4)25(32)13-21-11-24(28)12-23(19(21)3)16-30-7-8-31(18(2)15-30)27(33)26-6-5-9-34-26/h10-12,14,18,26H,5-9,13,15-16H2,1-4H3/t18-,26-/m0/s1. The highest BCUT2D eigenvalue weighted by Gasteiger charge is 2.34. The molecule has 3 heterocycles. The number of aromatic nitrogens is 1. The number of aryl methyl sites for hydroxylation is 2. The van der Waals surface area contributed by atoms with Crippen molar-refractivity contribution < 1.29 is 14.3 Å². The van der Waals surface area contributed by atoms with Gasteiger partial charge in [0.05, 0.1) is 0 Å². The van der Waals surface area contributed by atoms with Gasteiger partial charge in [0, 0.05) is 67.7 Å². The van der Waals surface area contributed by atoms with Crippen LogP contribution in [0.2, 0.25) is 5.02 Å². The number of ketones is 1. The second-order valence-electron chi connectivity index (χ2n) is 9.69. The lowest BCUT2D eigenvalue weighted by Gasteiger charge is -2.41. The van der Waals surface area contributed by atoms with Crippen molar-refractivity contribution in [1.29, 1.82) is 0 Å². The summed E-state index contributed by atoms with van der Waals surface area (Å²) in [5, 5.41) is 0.641. The Balaban J connectivity index is 1.43. The van der Waals surface area contributed by atoms with E-state index in [-0.39, 0.29) is 23.8 Å². The van der Waals surface area contributed by atoms with Crippen molar-refractivity contribution in [2.24, 2.45) is 0 Å². The van der Waals surface area contributed by atoms with Gasteiger partial charge in [-0.1, -0.05) is 11.6 Å². The Labute approximate surface area is 207 Å². The largest absolute Gasteiger partial charge is 0.368 e. The van der Waals surface area contributed by atoms with Gasteiger partial charge in [-0.25, -0.2) is 0 Å². The Morgan fingerprint density at radius 2 is 1.91 bits per heavy atom. The summed E-state index contributed by atoms with van der Waals surface area (Å²) in [6.07, 6.45) is 3.47. The van der Waals surface area contributed by atoms with Crippen LogP contribution in [0.5, 0.6) is 0 Å². The zero-order valence-corrected chi connectivity index (χ0v) is 21.3. The van der Waals surface area contributed by atoms with Crippen LogP contribution in [0.1, 0.15) is 58.1 Å². The summed E-state index contributed by atoms with van der Waals surface area (Å²) in [6, 6.07) is 5.93. The van der Waals surface area contributed by atoms with Gasteiger partial charge in [-0.3, -0.25) is 19.5 Å². The number of nitrogens with zero attached hydrogens (tertiary/aromatic N) is 3. The molecule has 0 spiro atoms. The lowest BCUT2D eigenvalue weighted by atomic mass is 9.95. The third-order valence-corrected chi connectivity index (χ3v) is 7.41. The molecule has 2 saturated heterocycles. The first-order valence-corrected chi connectivity index (χ1v) is 12.5. The summed E-state index contributed by atoms with van der Waals surface area (Å²) in [6.45, 7) is 11.8. The average molecular weight is 484 g/mol. The van der Waals surface area contributed by atoms with Crippen molar-refractivity contribution >= 4 is 23.3 Å². The first-order chi connectivity index (χ1) is 16.2. The molecule has 1 aromatic heterocycles. The van der Waals surface area contributed by atoms with Crippen LogP contribution in [-0.2, 0) is 22.5 Å². The van der Waals surface area contributed by atoms with E-state index in [4.69, 9.17) is 16.3 Å². The smallest absolute Gasteiger partial charge is 0.252 e. The topological polar surface area (TPSA) is 62.7 Å². The van der Waals surface area contributed by atoms with Crippen molar-refractivity contribution in [2.75, 3.05) is 26.2 Å². The van der Waals surface area contributed by atoms with E-state index in [1.165, 1.54) is 0 Å². The SMILES string of the molecule is Cc1cc(C(=O)Cc2cc(Cl)cc(CN3CCN(C(=O)[C@@H]4CCCO4)[C@@H](C)C3)c2C)cnc1C. The van der Waals surface area contributed by atoms with E-state index in [0.717, 1.165) is 60.4 Å². The second-order valence-corrected chi connectivity index (χ2v) is 10.1. The molecule has 6 nitrogen and oxygen atoms in total. The molecule has 0 radical (unpaired) electrons. The van der Waals surface area contributed by atoms with Crippen LogP contribution >= 0.6 is 11.6 Å². The quantitative estimate of drug-likeness (QED) is 0.573. The van der Waals surface area contributed by atoms with Crippen LogP contribution in [0.25, 0.3) is 0 Å². The van der Waals surface area contributed by atoms with Crippen molar-refractivity contribution in [3.63, 3.8) is 0 Å². The van der Waals surface area contributed by atoms with E-state index in [2.05, 4.69) is 23.7 Å². The average Bonchev–Trinajstić information content (AvgIpc) is 3.33. The number of pyridine rings is 1. The fourth-order valence-corrected chi connectivity index (χ4v) is 5.18. The highest BCUT2D eigenvalue weighted by atomic mass is 35.5. The van der Waals surface area contributed by atoms with E-state index in [0.29, 0.717) is 30.2 Å². The number of Topliss-reactive ketones (excluding diaryl/α,β-unsaturated/α-hetero) is 1. The number of hydrogen-bond acceptors (Lipinski definition) is 5.